The van der Waals surface area contributed by atoms with Crippen molar-refractivity contribution in [2.75, 3.05) is 0 Å². The molecule has 0 fully saturated rings. The first-order valence-electron chi connectivity index (χ1n) is 4.82. The summed E-state index contributed by atoms with van der Waals surface area (Å²) < 4.78 is 138. The van der Waals surface area contributed by atoms with E-state index in [4.69, 9.17) is 0 Å². The highest BCUT2D eigenvalue weighted by atomic mass is 19.4. The Morgan fingerprint density at radius 1 is 0.619 bits per heavy atom. The molecular formula is C10H3F11. The highest BCUT2D eigenvalue weighted by Crippen LogP contribution is 2.52. The smallest absolute Gasteiger partial charge is 0.206 e. The maximum absolute atomic E-state index is 13.1. The molecular weight excluding hydrogens is 329 g/mol. The molecule has 1 aromatic carbocycles. The van der Waals surface area contributed by atoms with Gasteiger partial charge >= 0.3 is 24.2 Å². The third-order valence-electron chi connectivity index (χ3n) is 2.38. The van der Waals surface area contributed by atoms with Gasteiger partial charge in [-0.1, -0.05) is 12.1 Å². The van der Waals surface area contributed by atoms with Gasteiger partial charge in [0.25, 0.3) is 0 Å². The molecule has 0 aromatic heterocycles. The van der Waals surface area contributed by atoms with Gasteiger partial charge in [0, 0.05) is 5.56 Å². The maximum Gasteiger partial charge on any atom is 0.458 e. The number of benzene rings is 1. The van der Waals surface area contributed by atoms with Gasteiger partial charge in [0.15, 0.2) is 0 Å². The fourth-order valence-corrected chi connectivity index (χ4v) is 1.40. The Labute approximate surface area is 109 Å². The minimum absolute atomic E-state index is 0.0784. The summed E-state index contributed by atoms with van der Waals surface area (Å²) in [5.74, 6) is -14.8. The lowest BCUT2D eigenvalue weighted by Gasteiger charge is -2.27. The third-order valence-corrected chi connectivity index (χ3v) is 2.38. The molecule has 120 valence electrons. The molecule has 0 amide bonds. The SMILES string of the molecule is Fc1cccc(C(F)(F)C(F)(F)F)c1C(F)(F)C(F)(F)F. The molecule has 0 saturated carbocycles. The summed E-state index contributed by atoms with van der Waals surface area (Å²) in [6.45, 7) is 0. The summed E-state index contributed by atoms with van der Waals surface area (Å²) >= 11 is 0. The van der Waals surface area contributed by atoms with E-state index in [2.05, 4.69) is 0 Å². The first kappa shape index (κ1) is 17.5. The zero-order valence-electron chi connectivity index (χ0n) is 9.39. The Bertz CT molecular complexity index is 523. The summed E-state index contributed by atoms with van der Waals surface area (Å²) in [5.41, 5.74) is -5.85. The van der Waals surface area contributed by atoms with Crippen LogP contribution in [0.1, 0.15) is 11.1 Å². The van der Waals surface area contributed by atoms with Crippen molar-refractivity contribution < 1.29 is 48.3 Å². The summed E-state index contributed by atoms with van der Waals surface area (Å²) in [6.07, 6.45) is -13.0. The van der Waals surface area contributed by atoms with Crippen molar-refractivity contribution in [3.8, 4) is 0 Å². The lowest BCUT2D eigenvalue weighted by molar-refractivity contribution is -0.302. The average Bonchev–Trinajstić information content (AvgIpc) is 2.24. The molecule has 0 aliphatic rings. The normalized spacial score (nSPS) is 14.4. The van der Waals surface area contributed by atoms with Crippen molar-refractivity contribution >= 4 is 0 Å². The summed E-state index contributed by atoms with van der Waals surface area (Å²) in [4.78, 5) is 0. The topological polar surface area (TPSA) is 0 Å². The summed E-state index contributed by atoms with van der Waals surface area (Å²) in [5, 5.41) is 0. The van der Waals surface area contributed by atoms with Gasteiger partial charge in [-0.15, -0.1) is 0 Å². The van der Waals surface area contributed by atoms with Crippen LogP contribution >= 0.6 is 0 Å². The minimum Gasteiger partial charge on any atom is -0.206 e. The first-order chi connectivity index (χ1) is 9.14. The van der Waals surface area contributed by atoms with E-state index in [9.17, 15) is 48.3 Å². The molecule has 0 aliphatic carbocycles. The van der Waals surface area contributed by atoms with Gasteiger partial charge in [-0.3, -0.25) is 0 Å². The molecule has 0 saturated heterocycles. The molecule has 0 aliphatic heterocycles. The van der Waals surface area contributed by atoms with Crippen LogP contribution in [0, 0.1) is 5.82 Å². The van der Waals surface area contributed by atoms with Crippen LogP contribution in [-0.4, -0.2) is 12.4 Å². The fourth-order valence-electron chi connectivity index (χ4n) is 1.40. The van der Waals surface area contributed by atoms with Gasteiger partial charge in [0.05, 0.1) is 5.56 Å². The van der Waals surface area contributed by atoms with Crippen molar-refractivity contribution in [3.63, 3.8) is 0 Å². The van der Waals surface area contributed by atoms with Crippen LogP contribution in [0.4, 0.5) is 48.3 Å². The molecule has 1 rings (SSSR count). The van der Waals surface area contributed by atoms with Gasteiger partial charge in [-0.05, 0) is 6.07 Å². The molecule has 0 atom stereocenters. The van der Waals surface area contributed by atoms with Crippen LogP contribution in [0.25, 0.3) is 0 Å². The number of alkyl halides is 10. The number of hydrogen-bond acceptors (Lipinski definition) is 0. The van der Waals surface area contributed by atoms with Gasteiger partial charge in [-0.2, -0.15) is 43.9 Å². The second-order valence-corrected chi connectivity index (χ2v) is 3.81. The number of halogens is 11. The minimum atomic E-state index is -6.55. The lowest BCUT2D eigenvalue weighted by atomic mass is 9.95. The lowest BCUT2D eigenvalue weighted by Crippen LogP contribution is -2.41. The highest BCUT2D eigenvalue weighted by Gasteiger charge is 2.66. The Morgan fingerprint density at radius 2 is 1.05 bits per heavy atom. The largest absolute Gasteiger partial charge is 0.458 e. The molecule has 0 heterocycles. The molecule has 0 bridgehead atoms. The van der Waals surface area contributed by atoms with E-state index in [0.29, 0.717) is 0 Å². The van der Waals surface area contributed by atoms with E-state index in [1.165, 1.54) is 0 Å². The van der Waals surface area contributed by atoms with Crippen molar-refractivity contribution in [2.45, 2.75) is 24.2 Å². The van der Waals surface area contributed by atoms with E-state index < -0.39 is 41.1 Å². The van der Waals surface area contributed by atoms with Crippen molar-refractivity contribution in [3.05, 3.63) is 35.1 Å². The molecule has 0 radical (unpaired) electrons. The standard InChI is InChI=1S/C10H3F11/c11-5-3-1-2-4(7(12,13)9(16,17)18)6(5)8(14,15)10(19,20)21/h1-3H. The first-order valence-corrected chi connectivity index (χ1v) is 4.82. The second-order valence-electron chi connectivity index (χ2n) is 3.81. The van der Waals surface area contributed by atoms with E-state index in [1.807, 2.05) is 0 Å². The van der Waals surface area contributed by atoms with Crippen LogP contribution in [0.15, 0.2) is 18.2 Å². The van der Waals surface area contributed by atoms with Gasteiger partial charge < -0.3 is 0 Å². The van der Waals surface area contributed by atoms with Crippen molar-refractivity contribution in [1.82, 2.24) is 0 Å². The molecule has 11 heteroatoms. The van der Waals surface area contributed by atoms with Gasteiger partial charge in [-0.25, -0.2) is 4.39 Å². The Hall–Kier alpha value is -1.55. The average molecular weight is 332 g/mol. The quantitative estimate of drug-likeness (QED) is 0.659. The molecule has 0 unspecified atom stereocenters. The summed E-state index contributed by atoms with van der Waals surface area (Å²) in [6, 6.07) is -0.253. The Morgan fingerprint density at radius 3 is 1.43 bits per heavy atom. The summed E-state index contributed by atoms with van der Waals surface area (Å²) in [7, 11) is 0. The molecule has 0 nitrogen and oxygen atoms in total. The third kappa shape index (κ3) is 2.77. The van der Waals surface area contributed by atoms with Crippen LogP contribution < -0.4 is 0 Å². The van der Waals surface area contributed by atoms with Crippen LogP contribution in [0.5, 0.6) is 0 Å². The Kier molecular flexibility index (Phi) is 3.95. The van der Waals surface area contributed by atoms with Crippen molar-refractivity contribution in [2.24, 2.45) is 0 Å². The van der Waals surface area contributed by atoms with Crippen LogP contribution in [0.3, 0.4) is 0 Å². The molecule has 0 spiro atoms. The van der Waals surface area contributed by atoms with E-state index in [0.717, 1.165) is 0 Å². The van der Waals surface area contributed by atoms with E-state index in [-0.39, 0.29) is 18.2 Å². The zero-order chi connectivity index (χ0) is 16.9. The molecule has 1 aromatic rings. The number of rotatable bonds is 2. The second kappa shape index (κ2) is 4.73. The maximum atomic E-state index is 13.1. The van der Waals surface area contributed by atoms with Crippen LogP contribution in [-0.2, 0) is 11.8 Å². The van der Waals surface area contributed by atoms with Crippen LogP contribution in [0.2, 0.25) is 0 Å². The van der Waals surface area contributed by atoms with Gasteiger partial charge in [0.2, 0.25) is 0 Å². The van der Waals surface area contributed by atoms with Gasteiger partial charge in [0.1, 0.15) is 5.82 Å². The van der Waals surface area contributed by atoms with E-state index >= 15 is 0 Å². The predicted octanol–water partition coefficient (Wildman–Crippen LogP) is 5.13. The molecule has 21 heavy (non-hydrogen) atoms. The number of hydrogen-bond donors (Lipinski definition) is 0. The van der Waals surface area contributed by atoms with Crippen molar-refractivity contribution in [1.29, 1.82) is 0 Å². The Balaban J connectivity index is 3.71. The zero-order valence-corrected chi connectivity index (χ0v) is 9.39. The van der Waals surface area contributed by atoms with E-state index in [1.54, 1.807) is 0 Å². The monoisotopic (exact) mass is 332 g/mol. The highest BCUT2D eigenvalue weighted by molar-refractivity contribution is 5.37. The molecule has 0 N–H and O–H groups in total. The predicted molar refractivity (Wildman–Crippen MR) is 46.3 cm³/mol. The fraction of sp³-hybridized carbons (Fsp3) is 0.400.